The molecule has 12 heteroatoms. The van der Waals surface area contributed by atoms with E-state index in [-0.39, 0.29) is 17.7 Å². The van der Waals surface area contributed by atoms with Crippen molar-refractivity contribution < 1.29 is 48.2 Å². The zero-order chi connectivity index (χ0) is 20.1. The van der Waals surface area contributed by atoms with Crippen LogP contribution in [0.5, 0.6) is 11.5 Å². The average Bonchev–Trinajstić information content (AvgIpc) is 2.56. The molecule has 1 rings (SSSR count). The summed E-state index contributed by atoms with van der Waals surface area (Å²) >= 11 is 0. The van der Waals surface area contributed by atoms with Crippen LogP contribution in [-0.4, -0.2) is 58.1 Å². The summed E-state index contributed by atoms with van der Waals surface area (Å²) in [6.07, 6.45) is -0.984. The van der Waals surface area contributed by atoms with Gasteiger partial charge in [0, 0.05) is 6.16 Å². The summed E-state index contributed by atoms with van der Waals surface area (Å²) < 4.78 is 36.0. The molecule has 0 aromatic heterocycles. The van der Waals surface area contributed by atoms with E-state index in [1.807, 2.05) is 0 Å². The average molecular weight is 395 g/mol. The summed E-state index contributed by atoms with van der Waals surface area (Å²) in [4.78, 5) is 31.1. The molecule has 0 aliphatic heterocycles. The lowest BCUT2D eigenvalue weighted by Gasteiger charge is -2.21. The molecule has 1 aromatic carbocycles. The number of aliphatic hydroxyl groups is 1. The number of carboxylic acid groups (broad SMARTS) is 2. The van der Waals surface area contributed by atoms with Crippen molar-refractivity contribution in [1.82, 2.24) is 0 Å². The minimum Gasteiger partial charge on any atom is -0.493 e. The fourth-order valence-electron chi connectivity index (χ4n) is 1.97. The van der Waals surface area contributed by atoms with E-state index in [1.165, 1.54) is 0 Å². The molecule has 0 aliphatic rings. The minimum absolute atomic E-state index is 0.289. The maximum atomic E-state index is 14.1. The molecule has 0 aliphatic carbocycles. The van der Waals surface area contributed by atoms with Gasteiger partial charge in [-0.15, -0.1) is 0 Å². The molecule has 6 N–H and O–H groups in total. The van der Waals surface area contributed by atoms with Gasteiger partial charge in [-0.2, -0.15) is 0 Å². The fraction of sp³-hybridized carbons (Fsp3) is 0.429. The van der Waals surface area contributed by atoms with Crippen LogP contribution in [0.4, 0.5) is 4.39 Å². The Hall–Kier alpha value is -2.20. The number of carboxylic acids is 2. The molecule has 2 unspecified atom stereocenters. The highest BCUT2D eigenvalue weighted by Gasteiger charge is 2.33. The molecule has 3 atom stereocenters. The van der Waals surface area contributed by atoms with Crippen molar-refractivity contribution in [3.63, 3.8) is 0 Å². The zero-order valence-corrected chi connectivity index (χ0v) is 14.6. The summed E-state index contributed by atoms with van der Waals surface area (Å²) in [5, 5.41) is 27.3. The van der Waals surface area contributed by atoms with Crippen LogP contribution in [0, 0.1) is 5.82 Å². The summed E-state index contributed by atoms with van der Waals surface area (Å²) in [5.41, 5.74) is 4.93. The number of hydrogen-bond donors (Lipinski definition) is 5. The molecular weight excluding hydrogens is 376 g/mol. The van der Waals surface area contributed by atoms with Crippen molar-refractivity contribution in [2.24, 2.45) is 5.73 Å². The van der Waals surface area contributed by atoms with E-state index in [0.717, 1.165) is 13.2 Å². The summed E-state index contributed by atoms with van der Waals surface area (Å²) in [6, 6.07) is 0.329. The van der Waals surface area contributed by atoms with Crippen LogP contribution in [0.1, 0.15) is 17.8 Å². The first kappa shape index (κ1) is 21.8. The van der Waals surface area contributed by atoms with Gasteiger partial charge in [-0.3, -0.25) is 9.36 Å². The number of hydrogen-bond acceptors (Lipinski definition) is 7. The second-order valence-electron chi connectivity index (χ2n) is 5.30. The van der Waals surface area contributed by atoms with Crippen LogP contribution in [0.3, 0.4) is 0 Å². The number of aliphatic hydroxyl groups excluding tert-OH is 1. The molecule has 26 heavy (non-hydrogen) atoms. The van der Waals surface area contributed by atoms with Gasteiger partial charge in [-0.05, 0) is 24.1 Å². The Kier molecular flexibility index (Phi) is 7.52. The number of carbonyl (C=O) groups is 2. The summed E-state index contributed by atoms with van der Waals surface area (Å²) in [6.45, 7) is -0.846. The SMILES string of the molecule is COc1cc(C(O)P(=O)(O)CC[C@H](N)C(=O)O)cc(F)c1OCC(=O)O. The zero-order valence-electron chi connectivity index (χ0n) is 13.7. The molecule has 0 fully saturated rings. The molecule has 1 aromatic rings. The second-order valence-corrected chi connectivity index (χ2v) is 7.75. The highest BCUT2D eigenvalue weighted by atomic mass is 31.2. The van der Waals surface area contributed by atoms with Crippen LogP contribution in [0.25, 0.3) is 0 Å². The predicted octanol–water partition coefficient (Wildman–Crippen LogP) is 0.361. The van der Waals surface area contributed by atoms with Crippen LogP contribution in [0.15, 0.2) is 12.1 Å². The standard InChI is InChI=1S/C14H19FNO9P/c1-24-10-5-7(4-8(15)12(10)25-6-11(17)18)14(21)26(22,23)3-2-9(16)13(19)20/h4-5,9,14,21H,2-3,6,16H2,1H3,(H,17,18)(H,19,20)(H,22,23)/t9-,14?/m0/s1. The Morgan fingerprint density at radius 2 is 1.96 bits per heavy atom. The predicted molar refractivity (Wildman–Crippen MR) is 86.0 cm³/mol. The molecular formula is C14H19FNO9P. The van der Waals surface area contributed by atoms with Gasteiger partial charge in [0.2, 0.25) is 7.37 Å². The van der Waals surface area contributed by atoms with Gasteiger partial charge in [0.05, 0.1) is 7.11 Å². The lowest BCUT2D eigenvalue weighted by molar-refractivity contribution is -0.140. The first-order chi connectivity index (χ1) is 12.0. The topological polar surface area (TPSA) is 177 Å². The normalized spacial score (nSPS) is 15.6. The molecule has 10 nitrogen and oxygen atoms in total. The van der Waals surface area contributed by atoms with Gasteiger partial charge in [0.15, 0.2) is 29.8 Å². The van der Waals surface area contributed by atoms with E-state index in [1.54, 1.807) is 0 Å². The smallest absolute Gasteiger partial charge is 0.341 e. The number of aliphatic carboxylic acids is 2. The largest absolute Gasteiger partial charge is 0.493 e. The van der Waals surface area contributed by atoms with Crippen molar-refractivity contribution in [3.8, 4) is 11.5 Å². The minimum atomic E-state index is -4.34. The molecule has 0 spiro atoms. The third-order valence-electron chi connectivity index (χ3n) is 3.35. The Bertz CT molecular complexity index is 727. The Labute approximate surface area is 147 Å². The van der Waals surface area contributed by atoms with Crippen molar-refractivity contribution in [2.75, 3.05) is 19.9 Å². The van der Waals surface area contributed by atoms with Gasteiger partial charge in [-0.1, -0.05) is 0 Å². The maximum absolute atomic E-state index is 14.1. The number of nitrogens with two attached hydrogens (primary N) is 1. The quantitative estimate of drug-likeness (QED) is 0.348. The highest BCUT2D eigenvalue weighted by molar-refractivity contribution is 7.58. The molecule has 0 amide bonds. The lowest BCUT2D eigenvalue weighted by Crippen LogP contribution is -2.31. The third-order valence-corrected chi connectivity index (χ3v) is 5.31. The number of rotatable bonds is 10. The van der Waals surface area contributed by atoms with Crippen molar-refractivity contribution in [3.05, 3.63) is 23.5 Å². The van der Waals surface area contributed by atoms with Crippen LogP contribution < -0.4 is 15.2 Å². The molecule has 0 radical (unpaired) electrons. The van der Waals surface area contributed by atoms with Crippen molar-refractivity contribution in [2.45, 2.75) is 18.3 Å². The number of ether oxygens (including phenoxy) is 2. The number of halogens is 1. The van der Waals surface area contributed by atoms with Gasteiger partial charge in [0.1, 0.15) is 6.04 Å². The van der Waals surface area contributed by atoms with Crippen molar-refractivity contribution in [1.29, 1.82) is 0 Å². The summed E-state index contributed by atoms with van der Waals surface area (Å²) in [5.74, 6) is -6.69. The van der Waals surface area contributed by atoms with Crippen LogP contribution >= 0.6 is 7.37 Å². The first-order valence-corrected chi connectivity index (χ1v) is 9.11. The Balaban J connectivity index is 3.06. The number of methoxy groups -OCH3 is 1. The highest BCUT2D eigenvalue weighted by Crippen LogP contribution is 2.55. The van der Waals surface area contributed by atoms with Gasteiger partial charge in [0.25, 0.3) is 0 Å². The Morgan fingerprint density at radius 1 is 1.35 bits per heavy atom. The molecule has 0 heterocycles. The second kappa shape index (κ2) is 8.95. The molecule has 146 valence electrons. The van der Waals surface area contributed by atoms with E-state index in [2.05, 4.69) is 0 Å². The van der Waals surface area contributed by atoms with E-state index < -0.39 is 55.5 Å². The monoisotopic (exact) mass is 395 g/mol. The molecule has 0 saturated carbocycles. The Morgan fingerprint density at radius 3 is 2.46 bits per heavy atom. The van der Waals surface area contributed by atoms with Crippen molar-refractivity contribution >= 4 is 19.3 Å². The molecule has 0 bridgehead atoms. The van der Waals surface area contributed by atoms with Gasteiger partial charge in [-0.25, -0.2) is 9.18 Å². The summed E-state index contributed by atoms with van der Waals surface area (Å²) in [7, 11) is -3.21. The van der Waals surface area contributed by atoms with Gasteiger partial charge < -0.3 is 35.4 Å². The van der Waals surface area contributed by atoms with Gasteiger partial charge >= 0.3 is 11.9 Å². The van der Waals surface area contributed by atoms with E-state index >= 15 is 0 Å². The van der Waals surface area contributed by atoms with E-state index in [0.29, 0.717) is 6.07 Å². The lowest BCUT2D eigenvalue weighted by atomic mass is 10.2. The number of benzene rings is 1. The first-order valence-electron chi connectivity index (χ1n) is 7.19. The fourth-order valence-corrected chi connectivity index (χ4v) is 3.47. The molecule has 0 saturated heterocycles. The van der Waals surface area contributed by atoms with Crippen LogP contribution in [-0.2, 0) is 14.2 Å². The third kappa shape index (κ3) is 5.67. The van der Waals surface area contributed by atoms with E-state index in [9.17, 15) is 28.5 Å². The van der Waals surface area contributed by atoms with Crippen LogP contribution in [0.2, 0.25) is 0 Å². The van der Waals surface area contributed by atoms with E-state index in [4.69, 9.17) is 25.4 Å². The maximum Gasteiger partial charge on any atom is 0.341 e.